The number of ether oxygens (including phenoxy) is 1. The molecule has 1 fully saturated rings. The summed E-state index contributed by atoms with van der Waals surface area (Å²) in [5.74, 6) is 0.242. The summed E-state index contributed by atoms with van der Waals surface area (Å²) in [7, 11) is 0. The van der Waals surface area contributed by atoms with Gasteiger partial charge in [-0.3, -0.25) is 4.79 Å². The van der Waals surface area contributed by atoms with Crippen molar-refractivity contribution in [3.63, 3.8) is 0 Å². The number of hydrogen-bond acceptors (Lipinski definition) is 3. The molecule has 0 bridgehead atoms. The molecule has 12 heavy (non-hydrogen) atoms. The number of esters is 1. The second-order valence-corrected chi connectivity index (χ2v) is 3.67. The summed E-state index contributed by atoms with van der Waals surface area (Å²) in [5, 5.41) is 9.46. The van der Waals surface area contributed by atoms with Gasteiger partial charge in [-0.1, -0.05) is 13.8 Å². The number of aliphatic hydroxyl groups excluding tert-OH is 1. The molecule has 0 aromatic rings. The zero-order valence-electron chi connectivity index (χ0n) is 7.78. The Kier molecular flexibility index (Phi) is 2.73. The predicted molar refractivity (Wildman–Crippen MR) is 44.5 cm³/mol. The van der Waals surface area contributed by atoms with E-state index in [4.69, 9.17) is 4.74 Å². The molecule has 3 heteroatoms. The Hall–Kier alpha value is -0.570. The molecule has 1 aliphatic carbocycles. The van der Waals surface area contributed by atoms with Gasteiger partial charge < -0.3 is 9.84 Å². The van der Waals surface area contributed by atoms with Gasteiger partial charge in [0.1, 0.15) is 6.10 Å². The zero-order valence-corrected chi connectivity index (χ0v) is 7.78. The minimum atomic E-state index is -0.315. The molecule has 0 radical (unpaired) electrons. The van der Waals surface area contributed by atoms with Crippen LogP contribution in [-0.2, 0) is 9.53 Å². The van der Waals surface area contributed by atoms with Crippen LogP contribution in [0.5, 0.6) is 0 Å². The van der Waals surface area contributed by atoms with E-state index in [2.05, 4.69) is 0 Å². The molecule has 0 aromatic carbocycles. The van der Waals surface area contributed by atoms with E-state index in [1.165, 1.54) is 6.92 Å². The lowest BCUT2D eigenvalue weighted by molar-refractivity contribution is -0.148. The predicted octanol–water partition coefficient (Wildman–Crippen LogP) is 0.955. The summed E-state index contributed by atoms with van der Waals surface area (Å²) < 4.78 is 5.07. The lowest BCUT2D eigenvalue weighted by Crippen LogP contribution is -2.20. The molecule has 1 N–H and O–H groups in total. The smallest absolute Gasteiger partial charge is 0.302 e. The van der Waals surface area contributed by atoms with E-state index >= 15 is 0 Å². The summed E-state index contributed by atoms with van der Waals surface area (Å²) in [6.07, 6.45) is 0.180. The third-order valence-electron chi connectivity index (χ3n) is 2.81. The Labute approximate surface area is 72.7 Å². The molecule has 0 aromatic heterocycles. The van der Waals surface area contributed by atoms with Gasteiger partial charge in [0.05, 0.1) is 6.10 Å². The first kappa shape index (κ1) is 9.52. The van der Waals surface area contributed by atoms with Crippen LogP contribution in [0.25, 0.3) is 0 Å². The fraction of sp³-hybridized carbons (Fsp3) is 0.889. The van der Waals surface area contributed by atoms with E-state index in [9.17, 15) is 9.90 Å². The standard InChI is InChI=1S/C9H16O3/c1-5-6(2)9(4-8(5)11)12-7(3)10/h5-6,8-9,11H,4H2,1-3H3/t5-,6-,8-,9-/m1/s1. The van der Waals surface area contributed by atoms with Crippen LogP contribution >= 0.6 is 0 Å². The van der Waals surface area contributed by atoms with Crippen molar-refractivity contribution in [1.29, 1.82) is 0 Å². The van der Waals surface area contributed by atoms with Crippen LogP contribution in [0.3, 0.4) is 0 Å². The third-order valence-corrected chi connectivity index (χ3v) is 2.81. The van der Waals surface area contributed by atoms with Gasteiger partial charge in [-0.25, -0.2) is 0 Å². The summed E-state index contributed by atoms with van der Waals surface area (Å²) >= 11 is 0. The average Bonchev–Trinajstić information content (AvgIpc) is 2.17. The highest BCUT2D eigenvalue weighted by Gasteiger charge is 2.38. The molecular weight excluding hydrogens is 156 g/mol. The molecule has 0 aliphatic heterocycles. The maximum Gasteiger partial charge on any atom is 0.302 e. The Morgan fingerprint density at radius 1 is 1.42 bits per heavy atom. The molecule has 0 saturated heterocycles. The van der Waals surface area contributed by atoms with Crippen molar-refractivity contribution in [3.05, 3.63) is 0 Å². The molecule has 3 nitrogen and oxygen atoms in total. The van der Waals surface area contributed by atoms with Crippen LogP contribution in [0.1, 0.15) is 27.2 Å². The number of hydrogen-bond donors (Lipinski definition) is 1. The lowest BCUT2D eigenvalue weighted by Gasteiger charge is -2.17. The molecule has 0 spiro atoms. The van der Waals surface area contributed by atoms with Crippen molar-refractivity contribution in [2.45, 2.75) is 39.4 Å². The van der Waals surface area contributed by atoms with Gasteiger partial charge in [-0.15, -0.1) is 0 Å². The van der Waals surface area contributed by atoms with E-state index in [0.717, 1.165) is 0 Å². The van der Waals surface area contributed by atoms with Crippen LogP contribution in [0.4, 0.5) is 0 Å². The largest absolute Gasteiger partial charge is 0.462 e. The van der Waals surface area contributed by atoms with Gasteiger partial charge in [0, 0.05) is 13.3 Å². The Balaban J connectivity index is 2.52. The normalized spacial score (nSPS) is 41.3. The second kappa shape index (κ2) is 3.44. The SMILES string of the molecule is CC(=O)O[C@@H]1C[C@@H](O)[C@H](C)[C@H]1C. The van der Waals surface area contributed by atoms with E-state index in [-0.39, 0.29) is 30.0 Å². The van der Waals surface area contributed by atoms with Gasteiger partial charge in [0.15, 0.2) is 0 Å². The van der Waals surface area contributed by atoms with E-state index in [1.54, 1.807) is 0 Å². The molecule has 1 rings (SSSR count). The Bertz CT molecular complexity index is 179. The summed E-state index contributed by atoms with van der Waals surface area (Å²) in [4.78, 5) is 10.7. The van der Waals surface area contributed by atoms with Crippen molar-refractivity contribution in [3.8, 4) is 0 Å². The van der Waals surface area contributed by atoms with Gasteiger partial charge in [0.2, 0.25) is 0 Å². The third kappa shape index (κ3) is 1.78. The van der Waals surface area contributed by atoms with Gasteiger partial charge in [-0.05, 0) is 11.8 Å². The van der Waals surface area contributed by atoms with Crippen molar-refractivity contribution in [1.82, 2.24) is 0 Å². The number of carbonyl (C=O) groups is 1. The quantitative estimate of drug-likeness (QED) is 0.599. The highest BCUT2D eigenvalue weighted by atomic mass is 16.5. The fourth-order valence-electron chi connectivity index (χ4n) is 1.72. The molecule has 0 heterocycles. The van der Waals surface area contributed by atoms with E-state index in [0.29, 0.717) is 6.42 Å². The molecule has 0 unspecified atom stereocenters. The van der Waals surface area contributed by atoms with E-state index in [1.807, 2.05) is 13.8 Å². The van der Waals surface area contributed by atoms with Gasteiger partial charge >= 0.3 is 5.97 Å². The first-order valence-corrected chi connectivity index (χ1v) is 4.37. The maximum absolute atomic E-state index is 10.7. The monoisotopic (exact) mass is 172 g/mol. The minimum absolute atomic E-state index is 0.0903. The summed E-state index contributed by atoms with van der Waals surface area (Å²) in [6.45, 7) is 5.40. The Morgan fingerprint density at radius 3 is 2.33 bits per heavy atom. The minimum Gasteiger partial charge on any atom is -0.462 e. The van der Waals surface area contributed by atoms with Crippen LogP contribution in [0, 0.1) is 11.8 Å². The lowest BCUT2D eigenvalue weighted by atomic mass is 9.98. The Morgan fingerprint density at radius 2 is 2.00 bits per heavy atom. The fourth-order valence-corrected chi connectivity index (χ4v) is 1.72. The molecule has 70 valence electrons. The highest BCUT2D eigenvalue weighted by Crippen LogP contribution is 2.33. The summed E-state index contributed by atoms with van der Waals surface area (Å²) in [6, 6.07) is 0. The van der Waals surface area contributed by atoms with E-state index < -0.39 is 0 Å². The topological polar surface area (TPSA) is 46.5 Å². The molecular formula is C9H16O3. The zero-order chi connectivity index (χ0) is 9.30. The van der Waals surface area contributed by atoms with Crippen molar-refractivity contribution >= 4 is 5.97 Å². The molecule has 1 saturated carbocycles. The van der Waals surface area contributed by atoms with Crippen molar-refractivity contribution in [2.24, 2.45) is 11.8 Å². The molecule has 0 amide bonds. The molecule has 4 atom stereocenters. The second-order valence-electron chi connectivity index (χ2n) is 3.67. The van der Waals surface area contributed by atoms with Gasteiger partial charge in [0.25, 0.3) is 0 Å². The maximum atomic E-state index is 10.7. The first-order valence-electron chi connectivity index (χ1n) is 4.37. The van der Waals surface area contributed by atoms with Crippen molar-refractivity contribution in [2.75, 3.05) is 0 Å². The number of carbonyl (C=O) groups excluding carboxylic acids is 1. The van der Waals surface area contributed by atoms with Gasteiger partial charge in [-0.2, -0.15) is 0 Å². The number of rotatable bonds is 1. The first-order chi connectivity index (χ1) is 5.52. The van der Waals surface area contributed by atoms with Crippen LogP contribution in [-0.4, -0.2) is 23.3 Å². The van der Waals surface area contributed by atoms with Crippen molar-refractivity contribution < 1.29 is 14.6 Å². The highest BCUT2D eigenvalue weighted by molar-refractivity contribution is 5.66. The summed E-state index contributed by atoms with van der Waals surface area (Å²) in [5.41, 5.74) is 0. The van der Waals surface area contributed by atoms with Crippen LogP contribution in [0.15, 0.2) is 0 Å². The average molecular weight is 172 g/mol. The van der Waals surface area contributed by atoms with Crippen LogP contribution < -0.4 is 0 Å². The van der Waals surface area contributed by atoms with Crippen LogP contribution in [0.2, 0.25) is 0 Å². The number of aliphatic hydroxyl groups is 1. The molecule has 1 aliphatic rings.